The van der Waals surface area contributed by atoms with Crippen LogP contribution in [0.5, 0.6) is 0 Å². The minimum atomic E-state index is -3.72. The molecule has 1 amide bonds. The van der Waals surface area contributed by atoms with E-state index in [-0.39, 0.29) is 26.2 Å². The van der Waals surface area contributed by atoms with Crippen LogP contribution in [0, 0.1) is 0 Å². The summed E-state index contributed by atoms with van der Waals surface area (Å²) in [7, 11) is -3.72. The number of rotatable bonds is 11. The highest BCUT2D eigenvalue weighted by molar-refractivity contribution is 6.69. The second kappa shape index (κ2) is 9.72. The Balaban J connectivity index is 6.17. The van der Waals surface area contributed by atoms with Gasteiger partial charge in [-0.15, -0.1) is 0 Å². The van der Waals surface area contributed by atoms with Crippen molar-refractivity contribution in [2.24, 2.45) is 0 Å². The van der Waals surface area contributed by atoms with Crippen molar-refractivity contribution in [3.63, 3.8) is 0 Å². The summed E-state index contributed by atoms with van der Waals surface area (Å²) in [5.74, 6) is -1.72. The molecule has 2 N–H and O–H groups in total. The summed E-state index contributed by atoms with van der Waals surface area (Å²) in [5.41, 5.74) is 0. The molecule has 0 saturated carbocycles. The van der Waals surface area contributed by atoms with Gasteiger partial charge in [-0.25, -0.2) is 4.79 Å². The minimum absolute atomic E-state index is 0.0185. The molecule has 0 rings (SSSR count). The monoisotopic (exact) mass is 333 g/mol. The van der Waals surface area contributed by atoms with Gasteiger partial charge in [0.05, 0.1) is 0 Å². The molecule has 0 aliphatic carbocycles. The lowest BCUT2D eigenvalue weighted by molar-refractivity contribution is -0.147. The zero-order chi connectivity index (χ0) is 17.2. The summed E-state index contributed by atoms with van der Waals surface area (Å²) in [6, 6.07) is 0. The third-order valence-electron chi connectivity index (χ3n) is 2.94. The molecule has 0 spiro atoms. The summed E-state index contributed by atoms with van der Waals surface area (Å²) in [6.07, 6.45) is 3.38. The predicted octanol–water partition coefficient (Wildman–Crippen LogP) is 1.50. The summed E-state index contributed by atoms with van der Waals surface area (Å²) in [5, 5.41) is 10.6. The van der Waals surface area contributed by atoms with E-state index in [1.54, 1.807) is 39.8 Å². The molecule has 0 aromatic carbocycles. The number of hydrogen-bond donors (Lipinski definition) is 2. The Morgan fingerprint density at radius 1 is 1.14 bits per heavy atom. The quantitative estimate of drug-likeness (QED) is 0.439. The molecule has 0 radical (unpaired) electrons. The molecule has 128 valence electrons. The van der Waals surface area contributed by atoms with Crippen molar-refractivity contribution < 1.29 is 28.0 Å². The molecule has 1 unspecified atom stereocenters. The summed E-state index contributed by atoms with van der Waals surface area (Å²) in [4.78, 5) is 23.7. The molecule has 0 heterocycles. The van der Waals surface area contributed by atoms with Crippen LogP contribution in [0.15, 0.2) is 12.2 Å². The van der Waals surface area contributed by atoms with Gasteiger partial charge in [-0.3, -0.25) is 4.79 Å². The molecular formula is C14H27NO6Si. The molecule has 0 aromatic heterocycles. The van der Waals surface area contributed by atoms with E-state index in [1.807, 2.05) is 0 Å². The number of carboxylic acid groups (broad SMARTS) is 1. The van der Waals surface area contributed by atoms with Crippen molar-refractivity contribution in [2.75, 3.05) is 19.8 Å². The van der Waals surface area contributed by atoms with Crippen molar-refractivity contribution in [1.82, 2.24) is 5.32 Å². The van der Waals surface area contributed by atoms with Gasteiger partial charge in [0.2, 0.25) is 11.1 Å². The first-order valence-corrected chi connectivity index (χ1v) is 9.13. The van der Waals surface area contributed by atoms with Crippen LogP contribution in [0.2, 0.25) is 0 Å². The fourth-order valence-electron chi connectivity index (χ4n) is 2.18. The molecule has 1 atom stereocenters. The van der Waals surface area contributed by atoms with E-state index >= 15 is 0 Å². The van der Waals surface area contributed by atoms with E-state index in [1.165, 1.54) is 6.92 Å². The topological polar surface area (TPSA) is 94.1 Å². The maximum Gasteiger partial charge on any atom is 0.540 e. The van der Waals surface area contributed by atoms with Crippen molar-refractivity contribution in [3.8, 4) is 0 Å². The van der Waals surface area contributed by atoms with E-state index in [2.05, 4.69) is 5.32 Å². The minimum Gasteiger partial charge on any atom is -0.480 e. The fourth-order valence-corrected chi connectivity index (χ4v) is 5.27. The van der Waals surface area contributed by atoms with E-state index in [0.29, 0.717) is 0 Å². The maximum atomic E-state index is 12.1. The molecule has 22 heavy (non-hydrogen) atoms. The van der Waals surface area contributed by atoms with Gasteiger partial charge in [0.25, 0.3) is 0 Å². The summed E-state index contributed by atoms with van der Waals surface area (Å²) in [6.45, 7) is 8.88. The van der Waals surface area contributed by atoms with E-state index in [4.69, 9.17) is 13.3 Å². The van der Waals surface area contributed by atoms with Crippen LogP contribution >= 0.6 is 0 Å². The first kappa shape index (κ1) is 20.8. The molecule has 0 aliphatic heterocycles. The number of aliphatic carboxylic acids is 1. The van der Waals surface area contributed by atoms with Gasteiger partial charge in [-0.2, -0.15) is 0 Å². The Labute approximate surface area is 133 Å². The number of carbonyl (C=O) groups excluding carboxylic acids is 1. The number of carboxylic acids is 1. The average molecular weight is 333 g/mol. The highest BCUT2D eigenvalue weighted by atomic mass is 28.4. The largest absolute Gasteiger partial charge is 0.540 e. The van der Waals surface area contributed by atoms with Crippen LogP contribution in [-0.2, 0) is 22.9 Å². The van der Waals surface area contributed by atoms with Crippen LogP contribution in [-0.4, -0.2) is 50.8 Å². The number of hydrogen-bond acceptors (Lipinski definition) is 5. The van der Waals surface area contributed by atoms with Gasteiger partial charge in [0, 0.05) is 33.2 Å². The standard InChI is InChI=1S/C14H27NO6Si/c1-6-10-11-14(13(17)18,15-12(5)16)22(19-7-2,20-8-3)21-9-4/h6,10H,7-9,11H2,1-5H3,(H,15,16)(H,17,18)/b10-6+. The highest BCUT2D eigenvalue weighted by Gasteiger charge is 2.66. The second-order valence-electron chi connectivity index (χ2n) is 4.52. The molecule has 0 saturated heterocycles. The van der Waals surface area contributed by atoms with Crippen LogP contribution in [0.4, 0.5) is 0 Å². The van der Waals surface area contributed by atoms with Gasteiger partial charge in [0.1, 0.15) is 0 Å². The molecule has 0 aliphatic rings. The van der Waals surface area contributed by atoms with Gasteiger partial charge >= 0.3 is 14.8 Å². The third kappa shape index (κ3) is 4.64. The molecule has 0 fully saturated rings. The Bertz CT molecular complexity index is 384. The lowest BCUT2D eigenvalue weighted by atomic mass is 10.2. The zero-order valence-corrected chi connectivity index (χ0v) is 15.0. The lowest BCUT2D eigenvalue weighted by Crippen LogP contribution is -2.75. The van der Waals surface area contributed by atoms with Gasteiger partial charge in [-0.1, -0.05) is 12.2 Å². The van der Waals surface area contributed by atoms with Crippen LogP contribution in [0.1, 0.15) is 41.0 Å². The Morgan fingerprint density at radius 3 is 1.86 bits per heavy atom. The summed E-state index contributed by atoms with van der Waals surface area (Å²) < 4.78 is 17.1. The van der Waals surface area contributed by atoms with Crippen molar-refractivity contribution in [2.45, 2.75) is 46.2 Å². The highest BCUT2D eigenvalue weighted by Crippen LogP contribution is 2.30. The Hall–Kier alpha value is -1.22. The number of carbonyl (C=O) groups is 2. The fraction of sp³-hybridized carbons (Fsp3) is 0.714. The normalized spacial score (nSPS) is 14.8. The third-order valence-corrected chi connectivity index (χ3v) is 6.53. The van der Waals surface area contributed by atoms with Crippen molar-refractivity contribution in [1.29, 1.82) is 0 Å². The smallest absolute Gasteiger partial charge is 0.480 e. The van der Waals surface area contributed by atoms with Gasteiger partial charge in [0.15, 0.2) is 0 Å². The van der Waals surface area contributed by atoms with E-state index in [0.717, 1.165) is 0 Å². The SMILES string of the molecule is C/C=C/CC(NC(C)=O)(C(=O)O)[Si](OCC)(OCC)OCC. The summed E-state index contributed by atoms with van der Waals surface area (Å²) >= 11 is 0. The predicted molar refractivity (Wildman–Crippen MR) is 84.2 cm³/mol. The first-order valence-electron chi connectivity index (χ1n) is 7.40. The number of allylic oxidation sites excluding steroid dienone is 1. The zero-order valence-electron chi connectivity index (χ0n) is 14.0. The van der Waals surface area contributed by atoms with Gasteiger partial charge in [-0.05, 0) is 27.7 Å². The van der Waals surface area contributed by atoms with Gasteiger partial charge < -0.3 is 23.7 Å². The number of amides is 1. The Morgan fingerprint density at radius 2 is 1.59 bits per heavy atom. The number of nitrogens with one attached hydrogen (secondary N) is 1. The maximum absolute atomic E-state index is 12.1. The molecule has 7 nitrogen and oxygen atoms in total. The van der Waals surface area contributed by atoms with Crippen molar-refractivity contribution >= 4 is 20.7 Å². The first-order chi connectivity index (χ1) is 10.4. The van der Waals surface area contributed by atoms with Crippen LogP contribution < -0.4 is 5.32 Å². The molecule has 0 aromatic rings. The molecule has 0 bridgehead atoms. The van der Waals surface area contributed by atoms with Crippen LogP contribution in [0.3, 0.4) is 0 Å². The Kier molecular flexibility index (Phi) is 9.18. The van der Waals surface area contributed by atoms with Crippen LogP contribution in [0.25, 0.3) is 0 Å². The van der Waals surface area contributed by atoms with E-state index < -0.39 is 25.8 Å². The molecular weight excluding hydrogens is 306 g/mol. The van der Waals surface area contributed by atoms with Crippen molar-refractivity contribution in [3.05, 3.63) is 12.2 Å². The van der Waals surface area contributed by atoms with E-state index in [9.17, 15) is 14.7 Å². The second-order valence-corrected chi connectivity index (χ2v) is 7.35. The average Bonchev–Trinajstić information content (AvgIpc) is 2.43. The lowest BCUT2D eigenvalue weighted by Gasteiger charge is -2.41. The molecule has 8 heteroatoms.